The van der Waals surface area contributed by atoms with E-state index in [1.807, 2.05) is 6.07 Å². The van der Waals surface area contributed by atoms with Gasteiger partial charge in [-0.25, -0.2) is 0 Å². The first kappa shape index (κ1) is 8.19. The summed E-state index contributed by atoms with van der Waals surface area (Å²) in [4.78, 5) is 0. The SMILES string of the molecule is C=C/C(Br)=C(/C#N)C=C. The third-order valence-electron chi connectivity index (χ3n) is 0.761. The summed E-state index contributed by atoms with van der Waals surface area (Å²) in [7, 11) is 0. The Hall–Kier alpha value is -0.810. The Bertz CT molecular complexity index is 195. The first-order valence-corrected chi connectivity index (χ1v) is 3.10. The van der Waals surface area contributed by atoms with Crippen LogP contribution in [0.5, 0.6) is 0 Å². The normalized spacial score (nSPS) is 11.1. The third kappa shape index (κ3) is 2.29. The fourth-order valence-corrected chi connectivity index (χ4v) is 0.557. The van der Waals surface area contributed by atoms with Crippen molar-refractivity contribution in [1.29, 1.82) is 5.26 Å². The van der Waals surface area contributed by atoms with E-state index < -0.39 is 0 Å². The molecule has 0 bridgehead atoms. The van der Waals surface area contributed by atoms with Crippen molar-refractivity contribution >= 4 is 15.9 Å². The summed E-state index contributed by atoms with van der Waals surface area (Å²) in [6.07, 6.45) is 3.03. The molecule has 1 nitrogen and oxygen atoms in total. The molecule has 0 rings (SSSR count). The Morgan fingerprint density at radius 3 is 2.11 bits per heavy atom. The lowest BCUT2D eigenvalue weighted by Crippen LogP contribution is -1.71. The highest BCUT2D eigenvalue weighted by Crippen LogP contribution is 2.12. The zero-order chi connectivity index (χ0) is 7.28. The predicted molar refractivity (Wildman–Crippen MR) is 42.0 cm³/mol. The molecule has 0 aromatic carbocycles. The van der Waals surface area contributed by atoms with E-state index >= 15 is 0 Å². The summed E-state index contributed by atoms with van der Waals surface area (Å²) in [6.45, 7) is 6.92. The maximum atomic E-state index is 8.37. The van der Waals surface area contributed by atoms with Crippen LogP contribution in [0.1, 0.15) is 0 Å². The fourth-order valence-electron chi connectivity index (χ4n) is 0.307. The Kier molecular flexibility index (Phi) is 3.74. The van der Waals surface area contributed by atoms with Gasteiger partial charge >= 0.3 is 0 Å². The van der Waals surface area contributed by atoms with E-state index in [4.69, 9.17) is 5.26 Å². The number of rotatable bonds is 2. The molecule has 0 N–H and O–H groups in total. The first-order valence-electron chi connectivity index (χ1n) is 2.31. The number of hydrogen-bond acceptors (Lipinski definition) is 1. The van der Waals surface area contributed by atoms with E-state index in [-0.39, 0.29) is 0 Å². The lowest BCUT2D eigenvalue weighted by molar-refractivity contribution is 1.50. The third-order valence-corrected chi connectivity index (χ3v) is 1.51. The molecule has 0 fully saturated rings. The second-order valence-corrected chi connectivity index (χ2v) is 2.14. The van der Waals surface area contributed by atoms with Crippen molar-refractivity contribution in [2.75, 3.05) is 0 Å². The van der Waals surface area contributed by atoms with Crippen molar-refractivity contribution in [2.45, 2.75) is 0 Å². The lowest BCUT2D eigenvalue weighted by Gasteiger charge is -1.87. The molecule has 0 aromatic heterocycles. The molecule has 0 spiro atoms. The number of halogens is 1. The monoisotopic (exact) mass is 183 g/mol. The highest BCUT2D eigenvalue weighted by molar-refractivity contribution is 9.11. The van der Waals surface area contributed by atoms with Gasteiger partial charge in [-0.15, -0.1) is 0 Å². The summed E-state index contributed by atoms with van der Waals surface area (Å²) < 4.78 is 0.681. The van der Waals surface area contributed by atoms with E-state index in [1.165, 1.54) is 6.08 Å². The van der Waals surface area contributed by atoms with Gasteiger partial charge in [0.2, 0.25) is 0 Å². The largest absolute Gasteiger partial charge is 0.192 e. The van der Waals surface area contributed by atoms with Gasteiger partial charge in [-0.3, -0.25) is 0 Å². The molecule has 9 heavy (non-hydrogen) atoms. The Morgan fingerprint density at radius 2 is 2.00 bits per heavy atom. The number of hydrogen-bond donors (Lipinski definition) is 0. The molecule has 0 aromatic rings. The first-order chi connectivity index (χ1) is 4.26. The molecule has 0 radical (unpaired) electrons. The standard InChI is InChI=1S/C7H6BrN/c1-3-6(5-9)7(8)4-2/h3-4H,1-2H2/b7-6-. The van der Waals surface area contributed by atoms with Gasteiger partial charge in [-0.05, 0) is 15.9 Å². The molecule has 0 amide bonds. The molecule has 46 valence electrons. The van der Waals surface area contributed by atoms with E-state index in [1.54, 1.807) is 6.08 Å². The maximum absolute atomic E-state index is 8.37. The topological polar surface area (TPSA) is 23.8 Å². The molecule has 0 unspecified atom stereocenters. The minimum absolute atomic E-state index is 0.505. The quantitative estimate of drug-likeness (QED) is 0.477. The molecule has 0 atom stereocenters. The lowest BCUT2D eigenvalue weighted by atomic mass is 10.3. The van der Waals surface area contributed by atoms with Crippen molar-refractivity contribution in [1.82, 2.24) is 0 Å². The Morgan fingerprint density at radius 1 is 1.44 bits per heavy atom. The van der Waals surface area contributed by atoms with Crippen LogP contribution in [0, 0.1) is 11.3 Å². The molecule has 2 heteroatoms. The van der Waals surface area contributed by atoms with Gasteiger partial charge in [0.05, 0.1) is 5.57 Å². The second kappa shape index (κ2) is 4.11. The summed E-state index contributed by atoms with van der Waals surface area (Å²) in [6, 6.07) is 1.95. The predicted octanol–water partition coefficient (Wildman–Crippen LogP) is 2.53. The van der Waals surface area contributed by atoms with Gasteiger partial charge in [-0.2, -0.15) is 5.26 Å². The van der Waals surface area contributed by atoms with E-state index in [0.717, 1.165) is 0 Å². The van der Waals surface area contributed by atoms with Gasteiger partial charge in [0.25, 0.3) is 0 Å². The van der Waals surface area contributed by atoms with Gasteiger partial charge in [0.15, 0.2) is 0 Å². The van der Waals surface area contributed by atoms with Crippen molar-refractivity contribution in [3.63, 3.8) is 0 Å². The summed E-state index contributed by atoms with van der Waals surface area (Å²) in [5, 5.41) is 8.37. The Balaban J connectivity index is 4.63. The smallest absolute Gasteiger partial charge is 0.100 e. The van der Waals surface area contributed by atoms with Gasteiger partial charge in [0.1, 0.15) is 6.07 Å². The number of nitrogens with zero attached hydrogens (tertiary/aromatic N) is 1. The minimum Gasteiger partial charge on any atom is -0.192 e. The summed E-state index contributed by atoms with van der Waals surface area (Å²) >= 11 is 3.13. The van der Waals surface area contributed by atoms with E-state index in [2.05, 4.69) is 29.1 Å². The fraction of sp³-hybridized carbons (Fsp3) is 0. The molecule has 0 aliphatic heterocycles. The van der Waals surface area contributed by atoms with Crippen LogP contribution in [-0.4, -0.2) is 0 Å². The van der Waals surface area contributed by atoms with Crippen LogP contribution < -0.4 is 0 Å². The molecule has 0 aliphatic rings. The van der Waals surface area contributed by atoms with Crippen LogP contribution in [-0.2, 0) is 0 Å². The highest BCUT2D eigenvalue weighted by Gasteiger charge is 1.91. The molecule has 0 aliphatic carbocycles. The van der Waals surface area contributed by atoms with Crippen LogP contribution in [0.4, 0.5) is 0 Å². The highest BCUT2D eigenvalue weighted by atomic mass is 79.9. The van der Waals surface area contributed by atoms with Crippen LogP contribution in [0.25, 0.3) is 0 Å². The molecular weight excluding hydrogens is 178 g/mol. The van der Waals surface area contributed by atoms with Crippen molar-refractivity contribution in [3.8, 4) is 6.07 Å². The summed E-state index contributed by atoms with van der Waals surface area (Å²) in [5.74, 6) is 0. The van der Waals surface area contributed by atoms with Gasteiger partial charge < -0.3 is 0 Å². The van der Waals surface area contributed by atoms with Crippen LogP contribution in [0.15, 0.2) is 35.4 Å². The van der Waals surface area contributed by atoms with Gasteiger partial charge in [-0.1, -0.05) is 25.3 Å². The van der Waals surface area contributed by atoms with Crippen molar-refractivity contribution in [2.24, 2.45) is 0 Å². The Labute approximate surface area is 63.1 Å². The molecule has 0 heterocycles. The molecule has 0 saturated carbocycles. The zero-order valence-corrected chi connectivity index (χ0v) is 6.48. The number of allylic oxidation sites excluding steroid dienone is 4. The van der Waals surface area contributed by atoms with E-state index in [0.29, 0.717) is 10.1 Å². The van der Waals surface area contributed by atoms with Crippen LogP contribution in [0.3, 0.4) is 0 Å². The molecular formula is C7H6BrN. The van der Waals surface area contributed by atoms with Crippen molar-refractivity contribution in [3.05, 3.63) is 35.4 Å². The van der Waals surface area contributed by atoms with E-state index in [9.17, 15) is 0 Å². The number of nitriles is 1. The van der Waals surface area contributed by atoms with Gasteiger partial charge in [0, 0.05) is 4.48 Å². The zero-order valence-electron chi connectivity index (χ0n) is 4.89. The minimum atomic E-state index is 0.505. The van der Waals surface area contributed by atoms with Crippen LogP contribution >= 0.6 is 15.9 Å². The summed E-state index contributed by atoms with van der Waals surface area (Å²) in [5.41, 5.74) is 0.505. The van der Waals surface area contributed by atoms with Crippen LogP contribution in [0.2, 0.25) is 0 Å². The molecule has 0 saturated heterocycles. The average Bonchev–Trinajstić information content (AvgIpc) is 1.90. The van der Waals surface area contributed by atoms with Crippen molar-refractivity contribution < 1.29 is 0 Å². The second-order valence-electron chi connectivity index (χ2n) is 1.28. The average molecular weight is 184 g/mol. The maximum Gasteiger partial charge on any atom is 0.100 e.